The van der Waals surface area contributed by atoms with Gasteiger partial charge in [-0.2, -0.15) is 10.2 Å². The van der Waals surface area contributed by atoms with Crippen LogP contribution < -0.4 is 16.5 Å². The van der Waals surface area contributed by atoms with Crippen molar-refractivity contribution in [3.8, 4) is 11.9 Å². The molecule has 0 radical (unpaired) electrons. The van der Waals surface area contributed by atoms with E-state index in [1.165, 1.54) is 12.5 Å². The molecular formula is C16H13N7O. The van der Waals surface area contributed by atoms with Gasteiger partial charge in [0.05, 0.1) is 5.56 Å². The van der Waals surface area contributed by atoms with Gasteiger partial charge in [0.15, 0.2) is 5.82 Å². The highest BCUT2D eigenvalue weighted by atomic mass is 16.1. The molecule has 8 heteroatoms. The Balaban J connectivity index is 1.73. The monoisotopic (exact) mass is 319 g/mol. The van der Waals surface area contributed by atoms with Gasteiger partial charge in [0.2, 0.25) is 5.95 Å². The fraction of sp³-hybridized carbons (Fsp3) is 0.0625. The lowest BCUT2D eigenvalue weighted by atomic mass is 10.2. The molecule has 2 aromatic heterocycles. The zero-order chi connectivity index (χ0) is 16.8. The van der Waals surface area contributed by atoms with Gasteiger partial charge in [-0.15, -0.1) is 0 Å². The van der Waals surface area contributed by atoms with Crippen molar-refractivity contribution in [2.75, 3.05) is 5.43 Å². The molecule has 0 bridgehead atoms. The molecule has 8 nitrogen and oxygen atoms in total. The number of rotatable bonds is 5. The van der Waals surface area contributed by atoms with Crippen LogP contribution >= 0.6 is 0 Å². The standard InChI is InChI=1S/C16H13N7O/c17-9-13-7-4-8-18-14(13)23-11-19-15(21-16(23)24)22-20-10-12-5-2-1-3-6-12/h1-8,11,20H,10H2,(H,21,22,24). The summed E-state index contributed by atoms with van der Waals surface area (Å²) in [5, 5.41) is 9.08. The van der Waals surface area contributed by atoms with E-state index in [4.69, 9.17) is 5.26 Å². The van der Waals surface area contributed by atoms with Gasteiger partial charge in [-0.3, -0.25) is 5.43 Å². The zero-order valence-corrected chi connectivity index (χ0v) is 12.5. The third kappa shape index (κ3) is 3.43. The van der Waals surface area contributed by atoms with Crippen LogP contribution in [0.4, 0.5) is 5.95 Å². The number of hydrogen-bond donors (Lipinski definition) is 2. The molecule has 0 aliphatic heterocycles. The lowest BCUT2D eigenvalue weighted by Gasteiger charge is -2.08. The average Bonchev–Trinajstić information content (AvgIpc) is 2.63. The number of pyridine rings is 1. The van der Waals surface area contributed by atoms with Crippen LogP contribution in [0.1, 0.15) is 11.1 Å². The molecule has 0 saturated heterocycles. The highest BCUT2D eigenvalue weighted by Gasteiger charge is 2.09. The Labute approximate surface area is 137 Å². The van der Waals surface area contributed by atoms with Crippen molar-refractivity contribution in [1.29, 1.82) is 5.26 Å². The molecule has 3 aromatic rings. The van der Waals surface area contributed by atoms with E-state index in [2.05, 4.69) is 25.8 Å². The smallest absolute Gasteiger partial charge is 0.289 e. The minimum absolute atomic E-state index is 0.140. The van der Waals surface area contributed by atoms with E-state index < -0.39 is 5.69 Å². The molecule has 2 N–H and O–H groups in total. The molecule has 118 valence electrons. The summed E-state index contributed by atoms with van der Waals surface area (Å²) in [6, 6.07) is 14.9. The first kappa shape index (κ1) is 15.3. The van der Waals surface area contributed by atoms with Crippen LogP contribution in [0.25, 0.3) is 5.82 Å². The molecule has 0 amide bonds. The third-order valence-electron chi connectivity index (χ3n) is 3.17. The van der Waals surface area contributed by atoms with Crippen molar-refractivity contribution >= 4 is 5.95 Å². The summed E-state index contributed by atoms with van der Waals surface area (Å²) >= 11 is 0. The quantitative estimate of drug-likeness (QED) is 0.676. The number of aromatic nitrogens is 4. The van der Waals surface area contributed by atoms with E-state index >= 15 is 0 Å². The highest BCUT2D eigenvalue weighted by Crippen LogP contribution is 2.07. The molecule has 0 spiro atoms. The SMILES string of the molecule is N#Cc1cccnc1-n1cnc(NNCc2ccccc2)nc1=O. The number of nitrogens with one attached hydrogen (secondary N) is 2. The highest BCUT2D eigenvalue weighted by molar-refractivity contribution is 5.42. The minimum Gasteiger partial charge on any atom is -0.289 e. The molecule has 0 atom stereocenters. The summed E-state index contributed by atoms with van der Waals surface area (Å²) in [5.41, 5.74) is 6.47. The van der Waals surface area contributed by atoms with Gasteiger partial charge in [0.1, 0.15) is 12.4 Å². The second-order valence-corrected chi connectivity index (χ2v) is 4.78. The molecule has 2 heterocycles. The Morgan fingerprint density at radius 1 is 1.12 bits per heavy atom. The Hall–Kier alpha value is -3.57. The van der Waals surface area contributed by atoms with Crippen LogP contribution in [-0.4, -0.2) is 19.5 Å². The Morgan fingerprint density at radius 3 is 2.71 bits per heavy atom. The predicted octanol–water partition coefficient (Wildman–Crippen LogP) is 1.01. The van der Waals surface area contributed by atoms with E-state index in [9.17, 15) is 4.79 Å². The van der Waals surface area contributed by atoms with Crippen LogP contribution in [0.5, 0.6) is 0 Å². The largest absolute Gasteiger partial charge is 0.357 e. The number of benzene rings is 1. The van der Waals surface area contributed by atoms with Crippen molar-refractivity contribution in [2.45, 2.75) is 6.54 Å². The molecule has 0 fully saturated rings. The van der Waals surface area contributed by atoms with Crippen molar-refractivity contribution in [3.05, 3.63) is 76.6 Å². The van der Waals surface area contributed by atoms with Crippen molar-refractivity contribution in [1.82, 2.24) is 24.9 Å². The second-order valence-electron chi connectivity index (χ2n) is 4.78. The number of nitriles is 1. The summed E-state index contributed by atoms with van der Waals surface area (Å²) < 4.78 is 1.13. The Kier molecular flexibility index (Phi) is 4.55. The van der Waals surface area contributed by atoms with Crippen LogP contribution in [0, 0.1) is 11.3 Å². The number of hydrazine groups is 1. The molecule has 3 rings (SSSR count). The summed E-state index contributed by atoms with van der Waals surface area (Å²) in [6.07, 6.45) is 2.78. The van der Waals surface area contributed by atoms with Crippen LogP contribution in [0.3, 0.4) is 0 Å². The van der Waals surface area contributed by atoms with E-state index in [1.807, 2.05) is 36.4 Å². The number of nitrogens with zero attached hydrogens (tertiary/aromatic N) is 5. The van der Waals surface area contributed by atoms with E-state index in [0.29, 0.717) is 6.54 Å². The molecule has 24 heavy (non-hydrogen) atoms. The maximum Gasteiger partial charge on any atom is 0.357 e. The Morgan fingerprint density at radius 2 is 1.96 bits per heavy atom. The predicted molar refractivity (Wildman–Crippen MR) is 87.0 cm³/mol. The molecular weight excluding hydrogens is 306 g/mol. The zero-order valence-electron chi connectivity index (χ0n) is 12.5. The molecule has 0 aliphatic rings. The summed E-state index contributed by atoms with van der Waals surface area (Å²) in [4.78, 5) is 24.1. The van der Waals surface area contributed by atoms with Gasteiger partial charge in [-0.05, 0) is 17.7 Å². The molecule has 0 unspecified atom stereocenters. The first-order valence-corrected chi connectivity index (χ1v) is 7.12. The lowest BCUT2D eigenvalue weighted by molar-refractivity contribution is 0.762. The van der Waals surface area contributed by atoms with E-state index in [-0.39, 0.29) is 17.3 Å². The summed E-state index contributed by atoms with van der Waals surface area (Å²) in [6.45, 7) is 0.548. The first-order valence-electron chi connectivity index (χ1n) is 7.12. The van der Waals surface area contributed by atoms with Crippen molar-refractivity contribution in [2.24, 2.45) is 0 Å². The molecule has 0 aliphatic carbocycles. The van der Waals surface area contributed by atoms with Crippen molar-refractivity contribution < 1.29 is 0 Å². The normalized spacial score (nSPS) is 10.1. The van der Waals surface area contributed by atoms with E-state index in [0.717, 1.165) is 10.1 Å². The van der Waals surface area contributed by atoms with Gasteiger partial charge in [-0.25, -0.2) is 24.8 Å². The second kappa shape index (κ2) is 7.13. The summed E-state index contributed by atoms with van der Waals surface area (Å²) in [7, 11) is 0. The maximum absolute atomic E-state index is 12.1. The first-order chi connectivity index (χ1) is 11.8. The van der Waals surface area contributed by atoms with Gasteiger partial charge in [0.25, 0.3) is 0 Å². The maximum atomic E-state index is 12.1. The number of anilines is 1. The van der Waals surface area contributed by atoms with Crippen LogP contribution in [0.2, 0.25) is 0 Å². The van der Waals surface area contributed by atoms with E-state index in [1.54, 1.807) is 12.1 Å². The lowest BCUT2D eigenvalue weighted by Crippen LogP contribution is -2.28. The van der Waals surface area contributed by atoms with Crippen LogP contribution in [0.15, 0.2) is 59.8 Å². The van der Waals surface area contributed by atoms with Gasteiger partial charge in [-0.1, -0.05) is 30.3 Å². The van der Waals surface area contributed by atoms with Crippen LogP contribution in [-0.2, 0) is 6.54 Å². The third-order valence-corrected chi connectivity index (χ3v) is 3.17. The number of hydrogen-bond acceptors (Lipinski definition) is 7. The molecule has 0 saturated carbocycles. The van der Waals surface area contributed by atoms with Crippen molar-refractivity contribution in [3.63, 3.8) is 0 Å². The van der Waals surface area contributed by atoms with Gasteiger partial charge < -0.3 is 0 Å². The van der Waals surface area contributed by atoms with Gasteiger partial charge >= 0.3 is 5.69 Å². The Bertz CT molecular complexity index is 931. The summed E-state index contributed by atoms with van der Waals surface area (Å²) in [5.74, 6) is 0.343. The fourth-order valence-electron chi connectivity index (χ4n) is 2.04. The fourth-order valence-corrected chi connectivity index (χ4v) is 2.04. The molecule has 1 aromatic carbocycles. The minimum atomic E-state index is -0.579. The van der Waals surface area contributed by atoms with Gasteiger partial charge in [0, 0.05) is 12.7 Å². The topological polar surface area (TPSA) is 109 Å². The average molecular weight is 319 g/mol.